The number of esters is 1. The van der Waals surface area contributed by atoms with Gasteiger partial charge in [0.15, 0.2) is 0 Å². The summed E-state index contributed by atoms with van der Waals surface area (Å²) >= 11 is 0. The quantitative estimate of drug-likeness (QED) is 0.0516. The molecular weight excluding hydrogens is 1180 g/mol. The molecule has 0 saturated carbocycles. The first-order valence-electron chi connectivity index (χ1n) is 30.0. The van der Waals surface area contributed by atoms with Crippen molar-refractivity contribution in [2.45, 2.75) is 11.4 Å². The minimum absolute atomic E-state index is 0.237. The molecule has 29 heteroatoms. The molecule has 0 unspecified atom stereocenters. The highest BCUT2D eigenvalue weighted by molar-refractivity contribution is 8.76. The summed E-state index contributed by atoms with van der Waals surface area (Å²) < 4.78 is 137. The Bertz CT molecular complexity index is 1420. The van der Waals surface area contributed by atoms with Gasteiger partial charge in [-0.05, 0) is 22.9 Å². The van der Waals surface area contributed by atoms with Crippen LogP contribution in [0.4, 0.5) is 0 Å². The van der Waals surface area contributed by atoms with Gasteiger partial charge in [-0.15, -0.1) is 0 Å². The number of nitrogens with zero attached hydrogens (tertiary/aromatic N) is 1. The average molecular weight is 1290 g/mol. The zero-order chi connectivity index (χ0) is 61.1. The van der Waals surface area contributed by atoms with Crippen LogP contribution in [0, 0.1) is 0 Å². The van der Waals surface area contributed by atoms with Crippen LogP contribution < -0.4 is 0 Å². The van der Waals surface area contributed by atoms with Crippen LogP contribution in [-0.2, 0) is 123 Å². The fraction of sp³-hybridized carbons (Fsp3) is 0.895. The standard InChI is InChI=1S/C57H107NO26S2/c1-60-57(59)5-7-61-8-9-62-10-11-63-12-13-64-14-15-65-16-17-66-18-19-67-20-21-68-22-23-69-24-25-70-26-27-71-28-29-72-30-31-73-32-33-74-34-35-75-36-37-76-38-39-77-40-41-78-42-43-79-44-45-80-46-47-81-48-49-82-50-51-83-52-53-84-54-55-85-86-56-4-2-3-6-58-56/h2-4,6H,5,7-55H2,1H3. The van der Waals surface area contributed by atoms with Crippen LogP contribution in [0.25, 0.3) is 0 Å². The fourth-order valence-corrected chi connectivity index (χ4v) is 7.75. The normalized spacial score (nSPS) is 11.6. The van der Waals surface area contributed by atoms with E-state index in [1.807, 2.05) is 18.2 Å². The van der Waals surface area contributed by atoms with E-state index >= 15 is 0 Å². The molecule has 0 aromatic carbocycles. The Kier molecular flexibility index (Phi) is 72.6. The second-order valence-corrected chi connectivity index (χ2v) is 19.5. The van der Waals surface area contributed by atoms with Gasteiger partial charge < -0.3 is 118 Å². The van der Waals surface area contributed by atoms with Gasteiger partial charge in [0, 0.05) is 11.9 Å². The number of carbonyl (C=O) groups excluding carboxylic acids is 1. The van der Waals surface area contributed by atoms with Crippen LogP contribution in [0.3, 0.4) is 0 Å². The highest BCUT2D eigenvalue weighted by Crippen LogP contribution is 2.28. The fourth-order valence-electron chi connectivity index (χ4n) is 6.01. The zero-order valence-corrected chi connectivity index (χ0v) is 53.2. The summed E-state index contributed by atoms with van der Waals surface area (Å²) in [4.78, 5) is 15.2. The number of ether oxygens (including phenoxy) is 25. The van der Waals surface area contributed by atoms with Gasteiger partial charge in [-0.2, -0.15) is 0 Å². The minimum atomic E-state index is -0.292. The molecule has 1 heterocycles. The van der Waals surface area contributed by atoms with Gasteiger partial charge in [-0.1, -0.05) is 16.9 Å². The molecule has 0 atom stereocenters. The van der Waals surface area contributed by atoms with E-state index in [1.165, 1.54) is 7.11 Å². The molecule has 1 rings (SSSR count). The summed E-state index contributed by atoms with van der Waals surface area (Å²) in [6.45, 7) is 23.4. The van der Waals surface area contributed by atoms with Crippen molar-refractivity contribution in [1.29, 1.82) is 0 Å². The molecule has 1 aromatic heterocycles. The van der Waals surface area contributed by atoms with Crippen molar-refractivity contribution < 1.29 is 123 Å². The summed E-state index contributed by atoms with van der Waals surface area (Å²) in [5.74, 6) is 0.602. The number of hydrogen-bond donors (Lipinski definition) is 0. The van der Waals surface area contributed by atoms with E-state index in [0.29, 0.717) is 317 Å². The van der Waals surface area contributed by atoms with Gasteiger partial charge in [0.25, 0.3) is 0 Å². The van der Waals surface area contributed by atoms with E-state index in [0.717, 1.165) is 10.8 Å². The molecular formula is C57H107NO26S2. The van der Waals surface area contributed by atoms with Crippen molar-refractivity contribution in [3.8, 4) is 0 Å². The first-order chi connectivity index (χ1) is 42.8. The molecule has 0 bridgehead atoms. The lowest BCUT2D eigenvalue weighted by Gasteiger charge is -2.09. The van der Waals surface area contributed by atoms with E-state index < -0.39 is 0 Å². The maximum atomic E-state index is 11.0. The third-order valence-corrected chi connectivity index (χ3v) is 12.6. The summed E-state index contributed by atoms with van der Waals surface area (Å²) in [5, 5.41) is 1.00. The second-order valence-electron chi connectivity index (χ2n) is 17.1. The van der Waals surface area contributed by atoms with Crippen molar-refractivity contribution >= 4 is 27.6 Å². The maximum absolute atomic E-state index is 11.0. The molecule has 0 radical (unpaired) electrons. The molecule has 0 N–H and O–H groups in total. The van der Waals surface area contributed by atoms with Crippen molar-refractivity contribution in [3.05, 3.63) is 24.4 Å². The topological polar surface area (TPSA) is 261 Å². The molecule has 86 heavy (non-hydrogen) atoms. The van der Waals surface area contributed by atoms with E-state index in [2.05, 4.69) is 9.72 Å². The average Bonchev–Trinajstić information content (AvgIpc) is 3.53. The van der Waals surface area contributed by atoms with Crippen LogP contribution in [0.15, 0.2) is 29.4 Å². The Morgan fingerprint density at radius 2 is 0.465 bits per heavy atom. The second kappa shape index (κ2) is 75.8. The highest BCUT2D eigenvalue weighted by Gasteiger charge is 2.03. The maximum Gasteiger partial charge on any atom is 0.307 e. The molecule has 0 spiro atoms. The van der Waals surface area contributed by atoms with Gasteiger partial charge >= 0.3 is 5.97 Å². The van der Waals surface area contributed by atoms with E-state index in [9.17, 15) is 4.79 Å². The molecule has 0 aliphatic rings. The SMILES string of the molecule is COC(=O)CCOCCOCCOCCOCCOCCOCCOCCOCCOCCOCCOCCOCCOCCOCCOCCOCCOCCOCCOCCOCCOCCOCCOCCOCCSSc1ccccn1. The molecule has 0 aliphatic heterocycles. The van der Waals surface area contributed by atoms with Crippen LogP contribution in [0.5, 0.6) is 0 Å². The molecule has 0 saturated heterocycles. The van der Waals surface area contributed by atoms with Crippen LogP contribution >= 0.6 is 21.6 Å². The minimum Gasteiger partial charge on any atom is -0.469 e. The summed E-state index contributed by atoms with van der Waals surface area (Å²) in [5.41, 5.74) is 0. The van der Waals surface area contributed by atoms with Gasteiger partial charge in [-0.25, -0.2) is 4.98 Å². The van der Waals surface area contributed by atoms with Crippen molar-refractivity contribution in [3.63, 3.8) is 0 Å². The summed E-state index contributed by atoms with van der Waals surface area (Å²) in [7, 11) is 4.73. The Morgan fingerprint density at radius 1 is 0.279 bits per heavy atom. The largest absolute Gasteiger partial charge is 0.469 e. The number of methoxy groups -OCH3 is 1. The predicted octanol–water partition coefficient (Wildman–Crippen LogP) is 2.78. The van der Waals surface area contributed by atoms with Gasteiger partial charge in [0.05, 0.1) is 331 Å². The number of pyridine rings is 1. The van der Waals surface area contributed by atoms with Gasteiger partial charge in [0.2, 0.25) is 0 Å². The smallest absolute Gasteiger partial charge is 0.307 e. The lowest BCUT2D eigenvalue weighted by Crippen LogP contribution is -2.16. The monoisotopic (exact) mass is 1290 g/mol. The molecule has 0 fully saturated rings. The van der Waals surface area contributed by atoms with Gasteiger partial charge in [0.1, 0.15) is 5.03 Å². The molecule has 1 aromatic rings. The molecule has 0 aliphatic carbocycles. The zero-order valence-electron chi connectivity index (χ0n) is 51.5. The number of rotatable bonds is 77. The van der Waals surface area contributed by atoms with Gasteiger partial charge in [-0.3, -0.25) is 4.79 Å². The van der Waals surface area contributed by atoms with Crippen LogP contribution in [0.2, 0.25) is 0 Å². The van der Waals surface area contributed by atoms with E-state index in [1.54, 1.807) is 27.8 Å². The summed E-state index contributed by atoms with van der Waals surface area (Å²) in [6.07, 6.45) is 2.03. The van der Waals surface area contributed by atoms with Crippen molar-refractivity contribution in [2.75, 3.05) is 330 Å². The van der Waals surface area contributed by atoms with Crippen LogP contribution in [0.1, 0.15) is 6.42 Å². The van der Waals surface area contributed by atoms with Crippen molar-refractivity contribution in [2.24, 2.45) is 0 Å². The number of carbonyl (C=O) groups is 1. The Labute approximate surface area is 519 Å². The van der Waals surface area contributed by atoms with Crippen molar-refractivity contribution in [1.82, 2.24) is 4.98 Å². The van der Waals surface area contributed by atoms with Crippen LogP contribution in [-0.4, -0.2) is 341 Å². The first-order valence-corrected chi connectivity index (χ1v) is 32.3. The third-order valence-electron chi connectivity index (χ3n) is 10.3. The highest BCUT2D eigenvalue weighted by atomic mass is 33.1. The summed E-state index contributed by atoms with van der Waals surface area (Å²) in [6, 6.07) is 5.89. The predicted molar refractivity (Wildman–Crippen MR) is 319 cm³/mol. The molecule has 508 valence electrons. The number of hydrogen-bond acceptors (Lipinski definition) is 29. The van der Waals surface area contributed by atoms with E-state index in [-0.39, 0.29) is 12.4 Å². The molecule has 0 amide bonds. The van der Waals surface area contributed by atoms with E-state index in [4.69, 9.17) is 114 Å². The lowest BCUT2D eigenvalue weighted by molar-refractivity contribution is -0.141. The third kappa shape index (κ3) is 71.4. The Balaban J connectivity index is 1.58. The first kappa shape index (κ1) is 82.4. The number of aromatic nitrogens is 1. The Hall–Kier alpha value is -1.64. The molecule has 27 nitrogen and oxygen atoms in total. The Morgan fingerprint density at radius 3 is 0.640 bits per heavy atom. The lowest BCUT2D eigenvalue weighted by atomic mass is 10.5.